The van der Waals surface area contributed by atoms with Gasteiger partial charge in [-0.2, -0.15) is 5.10 Å². The van der Waals surface area contributed by atoms with E-state index in [1.165, 1.54) is 44.1 Å². The van der Waals surface area contributed by atoms with E-state index in [-0.39, 0.29) is 24.0 Å². The minimum atomic E-state index is 0. The Hall–Kier alpha value is -1.57. The highest BCUT2D eigenvalue weighted by atomic mass is 127. The van der Waals surface area contributed by atoms with Gasteiger partial charge in [-0.25, -0.2) is 4.99 Å². The maximum atomic E-state index is 6.05. The lowest BCUT2D eigenvalue weighted by atomic mass is 10.1. The average Bonchev–Trinajstić information content (AvgIpc) is 2.88. The Kier molecular flexibility index (Phi) is 8.24. The number of benzene rings is 1. The van der Waals surface area contributed by atoms with Crippen LogP contribution < -0.4 is 11.1 Å². The molecule has 1 aromatic carbocycles. The van der Waals surface area contributed by atoms with Crippen LogP contribution in [0.1, 0.15) is 49.7 Å². The summed E-state index contributed by atoms with van der Waals surface area (Å²) in [5.74, 6) is 0.553. The molecule has 25 heavy (non-hydrogen) atoms. The Labute approximate surface area is 167 Å². The van der Waals surface area contributed by atoms with Gasteiger partial charge in [-0.15, -0.1) is 24.0 Å². The topological polar surface area (TPSA) is 68.2 Å². The van der Waals surface area contributed by atoms with Gasteiger partial charge in [0.2, 0.25) is 0 Å². The van der Waals surface area contributed by atoms with Crippen molar-refractivity contribution in [1.29, 1.82) is 0 Å². The number of aliphatic imine (C=N–C) groups is 1. The lowest BCUT2D eigenvalue weighted by molar-refractivity contribution is 0.530. The summed E-state index contributed by atoms with van der Waals surface area (Å²) in [7, 11) is 0. The smallest absolute Gasteiger partial charge is 0.189 e. The lowest BCUT2D eigenvalue weighted by Gasteiger charge is -2.16. The number of nitrogens with zero attached hydrogens (tertiary/aromatic N) is 3. The molecule has 3 N–H and O–H groups in total. The number of hydrogen-bond donors (Lipinski definition) is 2. The monoisotopic (exact) mass is 453 g/mol. The molecular weight excluding hydrogens is 425 g/mol. The van der Waals surface area contributed by atoms with Gasteiger partial charge in [-0.1, -0.05) is 56.0 Å². The van der Waals surface area contributed by atoms with E-state index in [2.05, 4.69) is 27.5 Å². The van der Waals surface area contributed by atoms with Gasteiger partial charge in [-0.05, 0) is 18.4 Å². The summed E-state index contributed by atoms with van der Waals surface area (Å²) in [5, 5.41) is 7.78. The molecule has 0 spiro atoms. The number of guanidine groups is 1. The molecule has 3 rings (SSSR count). The molecular formula is C19H28IN5. The van der Waals surface area contributed by atoms with Gasteiger partial charge >= 0.3 is 0 Å². The summed E-state index contributed by atoms with van der Waals surface area (Å²) in [6, 6.07) is 10.8. The van der Waals surface area contributed by atoms with Crippen LogP contribution in [0, 0.1) is 0 Å². The standard InChI is InChI=1S/C19H27N5.HI/c20-19(23-18-10-6-1-2-7-11-18)21-12-17-13-22-24(15-17)14-16-8-4-3-5-9-16;/h3-5,8-9,13,15,18H,1-2,6-7,10-12,14H2,(H3,20,21,23);1H. The first-order valence-electron chi connectivity index (χ1n) is 8.91. The number of rotatable bonds is 5. The second kappa shape index (κ2) is 10.4. The molecule has 1 saturated carbocycles. The van der Waals surface area contributed by atoms with E-state index in [0.29, 0.717) is 18.5 Å². The van der Waals surface area contributed by atoms with Crippen molar-refractivity contribution in [2.45, 2.75) is 57.7 Å². The number of nitrogens with two attached hydrogens (primary N) is 1. The third-order valence-electron chi connectivity index (χ3n) is 4.51. The molecule has 6 heteroatoms. The summed E-state index contributed by atoms with van der Waals surface area (Å²) in [6.45, 7) is 1.35. The van der Waals surface area contributed by atoms with E-state index >= 15 is 0 Å². The molecule has 0 atom stereocenters. The molecule has 1 fully saturated rings. The van der Waals surface area contributed by atoms with Crippen LogP contribution in [0.5, 0.6) is 0 Å². The second-order valence-corrected chi connectivity index (χ2v) is 6.57. The molecule has 5 nitrogen and oxygen atoms in total. The highest BCUT2D eigenvalue weighted by Crippen LogP contribution is 2.17. The van der Waals surface area contributed by atoms with Gasteiger partial charge in [0.1, 0.15) is 0 Å². The molecule has 0 unspecified atom stereocenters. The third-order valence-corrected chi connectivity index (χ3v) is 4.51. The summed E-state index contributed by atoms with van der Waals surface area (Å²) in [4.78, 5) is 4.47. The van der Waals surface area contributed by atoms with Crippen molar-refractivity contribution in [2.75, 3.05) is 0 Å². The highest BCUT2D eigenvalue weighted by molar-refractivity contribution is 14.0. The quantitative estimate of drug-likeness (QED) is 0.314. The molecule has 0 aliphatic heterocycles. The van der Waals surface area contributed by atoms with Gasteiger partial charge in [0.05, 0.1) is 19.3 Å². The van der Waals surface area contributed by atoms with Crippen LogP contribution in [0.4, 0.5) is 0 Å². The molecule has 0 radical (unpaired) electrons. The molecule has 1 aliphatic carbocycles. The minimum absolute atomic E-state index is 0. The van der Waals surface area contributed by atoms with E-state index in [9.17, 15) is 0 Å². The van der Waals surface area contributed by atoms with Crippen LogP contribution in [-0.4, -0.2) is 21.8 Å². The summed E-state index contributed by atoms with van der Waals surface area (Å²) < 4.78 is 1.94. The van der Waals surface area contributed by atoms with E-state index in [0.717, 1.165) is 12.1 Å². The fourth-order valence-electron chi connectivity index (χ4n) is 3.20. The largest absolute Gasteiger partial charge is 0.370 e. The van der Waals surface area contributed by atoms with Crippen LogP contribution >= 0.6 is 24.0 Å². The zero-order chi connectivity index (χ0) is 16.6. The Morgan fingerprint density at radius 2 is 1.84 bits per heavy atom. The van der Waals surface area contributed by atoms with Crippen LogP contribution in [0.3, 0.4) is 0 Å². The maximum absolute atomic E-state index is 6.05. The normalized spacial score (nSPS) is 16.1. The van der Waals surface area contributed by atoms with Gasteiger partial charge in [0, 0.05) is 17.8 Å². The molecule has 1 aromatic heterocycles. The Morgan fingerprint density at radius 1 is 1.12 bits per heavy atom. The van der Waals surface area contributed by atoms with Crippen molar-refractivity contribution < 1.29 is 0 Å². The van der Waals surface area contributed by atoms with Crippen LogP contribution in [0.2, 0.25) is 0 Å². The zero-order valence-electron chi connectivity index (χ0n) is 14.6. The molecule has 1 heterocycles. The van der Waals surface area contributed by atoms with Crippen molar-refractivity contribution in [3.8, 4) is 0 Å². The van der Waals surface area contributed by atoms with Crippen molar-refractivity contribution in [2.24, 2.45) is 10.7 Å². The predicted octanol–water partition coefficient (Wildman–Crippen LogP) is 3.68. The summed E-state index contributed by atoms with van der Waals surface area (Å²) in [6.07, 6.45) is 11.6. The van der Waals surface area contributed by atoms with Crippen molar-refractivity contribution in [1.82, 2.24) is 15.1 Å². The highest BCUT2D eigenvalue weighted by Gasteiger charge is 2.12. The number of hydrogen-bond acceptors (Lipinski definition) is 2. The first kappa shape index (κ1) is 19.8. The van der Waals surface area contributed by atoms with Crippen molar-refractivity contribution >= 4 is 29.9 Å². The van der Waals surface area contributed by atoms with Gasteiger partial charge < -0.3 is 11.1 Å². The van der Waals surface area contributed by atoms with E-state index in [1.54, 1.807) is 0 Å². The lowest BCUT2D eigenvalue weighted by Crippen LogP contribution is -2.39. The second-order valence-electron chi connectivity index (χ2n) is 6.57. The van der Waals surface area contributed by atoms with E-state index < -0.39 is 0 Å². The summed E-state index contributed by atoms with van der Waals surface area (Å²) in [5.41, 5.74) is 8.37. The average molecular weight is 453 g/mol. The van der Waals surface area contributed by atoms with Crippen LogP contribution in [0.25, 0.3) is 0 Å². The zero-order valence-corrected chi connectivity index (χ0v) is 16.9. The first-order chi connectivity index (χ1) is 11.8. The number of halogens is 1. The molecule has 0 saturated heterocycles. The van der Waals surface area contributed by atoms with Crippen LogP contribution in [-0.2, 0) is 13.1 Å². The predicted molar refractivity (Wildman–Crippen MR) is 113 cm³/mol. The van der Waals surface area contributed by atoms with Gasteiger partial charge in [-0.3, -0.25) is 4.68 Å². The Balaban J connectivity index is 0.00000225. The number of aromatic nitrogens is 2. The Morgan fingerprint density at radius 3 is 2.56 bits per heavy atom. The number of nitrogens with one attached hydrogen (secondary N) is 1. The first-order valence-corrected chi connectivity index (χ1v) is 8.91. The molecule has 136 valence electrons. The minimum Gasteiger partial charge on any atom is -0.370 e. The van der Waals surface area contributed by atoms with Crippen molar-refractivity contribution in [3.05, 3.63) is 53.9 Å². The maximum Gasteiger partial charge on any atom is 0.189 e. The van der Waals surface area contributed by atoms with Crippen LogP contribution in [0.15, 0.2) is 47.7 Å². The van der Waals surface area contributed by atoms with Gasteiger partial charge in [0.15, 0.2) is 5.96 Å². The van der Waals surface area contributed by atoms with Gasteiger partial charge in [0.25, 0.3) is 0 Å². The van der Waals surface area contributed by atoms with E-state index in [1.807, 2.05) is 35.3 Å². The van der Waals surface area contributed by atoms with E-state index in [4.69, 9.17) is 5.73 Å². The third kappa shape index (κ3) is 6.68. The molecule has 2 aromatic rings. The molecule has 1 aliphatic rings. The SMILES string of the molecule is I.NC(=NCc1cnn(Cc2ccccc2)c1)NC1CCCCCC1. The van der Waals surface area contributed by atoms with Crippen molar-refractivity contribution in [3.63, 3.8) is 0 Å². The Bertz CT molecular complexity index is 645. The fraction of sp³-hybridized carbons (Fsp3) is 0.474. The molecule has 0 bridgehead atoms. The molecule has 0 amide bonds. The fourth-order valence-corrected chi connectivity index (χ4v) is 3.20. The summed E-state index contributed by atoms with van der Waals surface area (Å²) >= 11 is 0.